The lowest BCUT2D eigenvalue weighted by Gasteiger charge is -2.37. The molecular formula is C19H23FN2O2S. The largest absolute Gasteiger partial charge is 0.379 e. The highest BCUT2D eigenvalue weighted by Gasteiger charge is 2.29. The SMILES string of the molecule is C[C@H](NC(=O)Cc1ccc(F)cc1)[C@H](c1cccs1)N1CCOCC1. The van der Waals surface area contributed by atoms with Crippen molar-refractivity contribution in [3.05, 3.63) is 58.0 Å². The molecule has 134 valence electrons. The average molecular weight is 362 g/mol. The predicted octanol–water partition coefficient (Wildman–Crippen LogP) is 3.01. The van der Waals surface area contributed by atoms with Crippen molar-refractivity contribution in [3.63, 3.8) is 0 Å². The molecule has 1 aliphatic heterocycles. The number of carbonyl (C=O) groups is 1. The number of thiophene rings is 1. The van der Waals surface area contributed by atoms with Gasteiger partial charge in [0.15, 0.2) is 0 Å². The van der Waals surface area contributed by atoms with Gasteiger partial charge in [-0.1, -0.05) is 18.2 Å². The van der Waals surface area contributed by atoms with Crippen molar-refractivity contribution in [1.29, 1.82) is 0 Å². The molecule has 0 aliphatic carbocycles. The number of carbonyl (C=O) groups excluding carboxylic acids is 1. The van der Waals surface area contributed by atoms with Crippen LogP contribution in [0.15, 0.2) is 41.8 Å². The van der Waals surface area contributed by atoms with E-state index >= 15 is 0 Å². The van der Waals surface area contributed by atoms with Gasteiger partial charge in [0, 0.05) is 24.0 Å². The van der Waals surface area contributed by atoms with Gasteiger partial charge in [-0.05, 0) is 36.1 Å². The van der Waals surface area contributed by atoms with Gasteiger partial charge >= 0.3 is 0 Å². The van der Waals surface area contributed by atoms with E-state index in [-0.39, 0.29) is 30.2 Å². The molecule has 0 bridgehead atoms. The van der Waals surface area contributed by atoms with Gasteiger partial charge in [0.05, 0.1) is 25.7 Å². The summed E-state index contributed by atoms with van der Waals surface area (Å²) in [4.78, 5) is 16.0. The Morgan fingerprint density at radius 2 is 2.00 bits per heavy atom. The topological polar surface area (TPSA) is 41.6 Å². The first kappa shape index (κ1) is 18.0. The third kappa shape index (κ3) is 4.87. The number of hydrogen-bond donors (Lipinski definition) is 1. The molecule has 1 fully saturated rings. The number of nitrogens with zero attached hydrogens (tertiary/aromatic N) is 1. The summed E-state index contributed by atoms with van der Waals surface area (Å²) in [6.07, 6.45) is 0.255. The maximum absolute atomic E-state index is 13.0. The molecular weight excluding hydrogens is 339 g/mol. The standard InChI is InChI=1S/C19H23FN2O2S/c1-14(21-18(23)13-15-4-6-16(20)7-5-15)19(17-3-2-12-25-17)22-8-10-24-11-9-22/h2-7,12,14,19H,8-11,13H2,1H3,(H,21,23)/t14-,19+/m0/s1. The van der Waals surface area contributed by atoms with E-state index in [0.717, 1.165) is 31.9 Å². The van der Waals surface area contributed by atoms with Crippen molar-refractivity contribution in [3.8, 4) is 0 Å². The lowest BCUT2D eigenvalue weighted by atomic mass is 10.0. The van der Waals surface area contributed by atoms with Gasteiger partial charge in [-0.25, -0.2) is 4.39 Å². The summed E-state index contributed by atoms with van der Waals surface area (Å²) < 4.78 is 18.4. The lowest BCUT2D eigenvalue weighted by molar-refractivity contribution is -0.121. The summed E-state index contributed by atoms with van der Waals surface area (Å²) in [6.45, 7) is 5.21. The molecule has 1 N–H and O–H groups in total. The van der Waals surface area contributed by atoms with Crippen LogP contribution in [-0.2, 0) is 16.0 Å². The molecule has 0 radical (unpaired) electrons. The molecule has 1 aliphatic rings. The molecule has 1 saturated heterocycles. The minimum absolute atomic E-state index is 0.0234. The Morgan fingerprint density at radius 3 is 2.64 bits per heavy atom. The molecule has 1 aromatic carbocycles. The van der Waals surface area contributed by atoms with Gasteiger partial charge in [-0.15, -0.1) is 11.3 Å². The van der Waals surface area contributed by atoms with Crippen LogP contribution in [0.4, 0.5) is 4.39 Å². The van der Waals surface area contributed by atoms with Gasteiger partial charge in [0.1, 0.15) is 5.82 Å². The van der Waals surface area contributed by atoms with Crippen molar-refractivity contribution < 1.29 is 13.9 Å². The monoisotopic (exact) mass is 362 g/mol. The van der Waals surface area contributed by atoms with Crippen LogP contribution in [0, 0.1) is 5.82 Å². The van der Waals surface area contributed by atoms with Crippen LogP contribution in [0.3, 0.4) is 0 Å². The van der Waals surface area contributed by atoms with Crippen molar-refractivity contribution >= 4 is 17.2 Å². The number of nitrogens with one attached hydrogen (secondary N) is 1. The summed E-state index contributed by atoms with van der Waals surface area (Å²) >= 11 is 1.71. The zero-order valence-corrected chi connectivity index (χ0v) is 15.1. The average Bonchev–Trinajstić information content (AvgIpc) is 3.12. The van der Waals surface area contributed by atoms with Crippen molar-refractivity contribution in [2.24, 2.45) is 0 Å². The van der Waals surface area contributed by atoms with E-state index in [2.05, 4.69) is 21.7 Å². The normalized spacial score (nSPS) is 17.8. The minimum Gasteiger partial charge on any atom is -0.379 e. The van der Waals surface area contributed by atoms with Crippen LogP contribution in [0.25, 0.3) is 0 Å². The number of amides is 1. The van der Waals surface area contributed by atoms with Crippen LogP contribution in [0.5, 0.6) is 0 Å². The number of benzene rings is 1. The van der Waals surface area contributed by atoms with Gasteiger partial charge < -0.3 is 10.1 Å². The second-order valence-corrected chi connectivity index (χ2v) is 7.25. The molecule has 6 heteroatoms. The Hall–Kier alpha value is -1.76. The molecule has 3 rings (SSSR count). The number of hydrogen-bond acceptors (Lipinski definition) is 4. The molecule has 25 heavy (non-hydrogen) atoms. The smallest absolute Gasteiger partial charge is 0.224 e. The molecule has 1 aromatic heterocycles. The zero-order valence-electron chi connectivity index (χ0n) is 14.3. The summed E-state index contributed by atoms with van der Waals surface area (Å²) in [5.41, 5.74) is 0.810. The fraction of sp³-hybridized carbons (Fsp3) is 0.421. The van der Waals surface area contributed by atoms with Gasteiger partial charge in [-0.3, -0.25) is 9.69 Å². The first-order valence-electron chi connectivity index (χ1n) is 8.52. The number of morpholine rings is 1. The second-order valence-electron chi connectivity index (χ2n) is 6.27. The number of halogens is 1. The molecule has 2 aromatic rings. The van der Waals surface area contributed by atoms with Gasteiger partial charge in [-0.2, -0.15) is 0 Å². The summed E-state index contributed by atoms with van der Waals surface area (Å²) in [6, 6.07) is 10.3. The van der Waals surface area contributed by atoms with Crippen molar-refractivity contribution in [1.82, 2.24) is 10.2 Å². The summed E-state index contributed by atoms with van der Waals surface area (Å²) in [5, 5.41) is 5.19. The molecule has 0 saturated carbocycles. The van der Waals surface area contributed by atoms with Gasteiger partial charge in [0.2, 0.25) is 5.91 Å². The highest BCUT2D eigenvalue weighted by atomic mass is 32.1. The van der Waals surface area contributed by atoms with E-state index in [1.807, 2.05) is 13.0 Å². The Bertz CT molecular complexity index is 669. The Morgan fingerprint density at radius 1 is 1.28 bits per heavy atom. The quantitative estimate of drug-likeness (QED) is 0.859. The highest BCUT2D eigenvalue weighted by Crippen LogP contribution is 2.29. The molecule has 1 amide bonds. The molecule has 4 nitrogen and oxygen atoms in total. The Kier molecular flexibility index (Phi) is 6.18. The first-order valence-corrected chi connectivity index (χ1v) is 9.40. The minimum atomic E-state index is -0.289. The summed E-state index contributed by atoms with van der Waals surface area (Å²) in [5.74, 6) is -0.337. The van der Waals surface area contributed by atoms with E-state index in [9.17, 15) is 9.18 Å². The van der Waals surface area contributed by atoms with Crippen LogP contribution in [0.1, 0.15) is 23.4 Å². The van der Waals surface area contributed by atoms with Crippen LogP contribution in [0.2, 0.25) is 0 Å². The lowest BCUT2D eigenvalue weighted by Crippen LogP contribution is -2.48. The van der Waals surface area contributed by atoms with E-state index in [4.69, 9.17) is 4.74 Å². The highest BCUT2D eigenvalue weighted by molar-refractivity contribution is 7.10. The Labute approximate surface area is 151 Å². The van der Waals surface area contributed by atoms with Crippen LogP contribution in [-0.4, -0.2) is 43.2 Å². The van der Waals surface area contributed by atoms with E-state index in [1.54, 1.807) is 23.5 Å². The fourth-order valence-corrected chi connectivity index (χ4v) is 4.19. The fourth-order valence-electron chi connectivity index (χ4n) is 3.23. The van der Waals surface area contributed by atoms with Crippen LogP contribution >= 0.6 is 11.3 Å². The number of ether oxygens (including phenoxy) is 1. The molecule has 0 spiro atoms. The van der Waals surface area contributed by atoms with E-state index < -0.39 is 0 Å². The molecule has 0 unspecified atom stereocenters. The Balaban J connectivity index is 1.66. The molecule has 2 heterocycles. The third-order valence-electron chi connectivity index (χ3n) is 4.41. The maximum Gasteiger partial charge on any atom is 0.224 e. The molecule has 2 atom stereocenters. The van der Waals surface area contributed by atoms with Crippen molar-refractivity contribution in [2.75, 3.05) is 26.3 Å². The van der Waals surface area contributed by atoms with Crippen LogP contribution < -0.4 is 5.32 Å². The summed E-state index contributed by atoms with van der Waals surface area (Å²) in [7, 11) is 0. The number of rotatable bonds is 6. The maximum atomic E-state index is 13.0. The predicted molar refractivity (Wildman–Crippen MR) is 97.2 cm³/mol. The second kappa shape index (κ2) is 8.56. The van der Waals surface area contributed by atoms with E-state index in [1.165, 1.54) is 17.0 Å². The van der Waals surface area contributed by atoms with E-state index in [0.29, 0.717) is 0 Å². The third-order valence-corrected chi connectivity index (χ3v) is 5.36. The van der Waals surface area contributed by atoms with Gasteiger partial charge in [0.25, 0.3) is 0 Å². The van der Waals surface area contributed by atoms with Crippen molar-refractivity contribution in [2.45, 2.75) is 25.4 Å². The zero-order chi connectivity index (χ0) is 17.6. The first-order chi connectivity index (χ1) is 12.1.